The van der Waals surface area contributed by atoms with Crippen molar-refractivity contribution >= 4 is 51.4 Å². The smallest absolute Gasteiger partial charge is 0.198 e. The van der Waals surface area contributed by atoms with E-state index in [1.165, 1.54) is 127 Å². The van der Waals surface area contributed by atoms with Crippen LogP contribution in [0.5, 0.6) is 0 Å². The lowest BCUT2D eigenvalue weighted by Gasteiger charge is -2.32. The Labute approximate surface area is 403 Å². The molecule has 0 unspecified atom stereocenters. The van der Waals surface area contributed by atoms with Gasteiger partial charge in [0.15, 0.2) is 7.28 Å². The largest absolute Gasteiger partial charge is 0.355 e. The van der Waals surface area contributed by atoms with Gasteiger partial charge in [-0.2, -0.15) is 0 Å². The SMILES string of the molecule is CC(C)(C)c1ccc(Nc2cc3c(cc2-c2c4c(c5c6cc(C(C)(C)C)ccc6n6c5c2Bc2cc5c(cc2-6)-c2ccccc2C5(C)C)-c2ccccc2C4(C)C)C(C)(C)c2ccccc2-3)cc1. The summed E-state index contributed by atoms with van der Waals surface area (Å²) in [5.74, 6) is 0. The van der Waals surface area contributed by atoms with Gasteiger partial charge < -0.3 is 9.88 Å². The Bertz CT molecular complexity index is 3710. The Balaban J connectivity index is 1.20. The fourth-order valence-electron chi connectivity index (χ4n) is 13.4. The first kappa shape index (κ1) is 41.6. The van der Waals surface area contributed by atoms with Gasteiger partial charge in [-0.15, -0.1) is 0 Å². The van der Waals surface area contributed by atoms with Crippen molar-refractivity contribution in [3.8, 4) is 50.2 Å². The van der Waals surface area contributed by atoms with Gasteiger partial charge in [0.05, 0.1) is 5.52 Å². The Morgan fingerprint density at radius 1 is 0.471 bits per heavy atom. The van der Waals surface area contributed by atoms with E-state index in [0.717, 1.165) is 18.7 Å². The van der Waals surface area contributed by atoms with Crippen LogP contribution in [-0.2, 0) is 27.1 Å². The van der Waals surface area contributed by atoms with E-state index in [1.54, 1.807) is 0 Å². The number of aromatic nitrogens is 1. The lowest BCUT2D eigenvalue weighted by atomic mass is 9.56. The Kier molecular flexibility index (Phi) is 8.17. The number of nitrogens with zero attached hydrogens (tertiary/aromatic N) is 1. The number of hydrogen-bond acceptors (Lipinski definition) is 1. The molecule has 2 nitrogen and oxygen atoms in total. The molecule has 4 aliphatic rings. The third-order valence-electron chi connectivity index (χ3n) is 17.1. The molecule has 0 spiro atoms. The molecular weight excluding hydrogens is 820 g/mol. The lowest BCUT2D eigenvalue weighted by Crippen LogP contribution is -2.39. The van der Waals surface area contributed by atoms with Crippen LogP contribution >= 0.6 is 0 Å². The number of fused-ring (bicyclic) bond motifs is 15. The average Bonchev–Trinajstić information content (AvgIpc) is 3.92. The van der Waals surface area contributed by atoms with E-state index in [2.05, 4.69) is 232 Å². The van der Waals surface area contributed by atoms with Crippen LogP contribution < -0.4 is 16.2 Å². The molecule has 0 saturated heterocycles. The first-order valence-electron chi connectivity index (χ1n) is 25.0. The fourth-order valence-corrected chi connectivity index (χ4v) is 13.4. The highest BCUT2D eigenvalue weighted by molar-refractivity contribution is 6.74. The van der Waals surface area contributed by atoms with Gasteiger partial charge in [0.2, 0.25) is 0 Å². The van der Waals surface area contributed by atoms with Gasteiger partial charge in [-0.25, -0.2) is 0 Å². The van der Waals surface area contributed by atoms with Crippen molar-refractivity contribution in [1.82, 2.24) is 4.57 Å². The minimum absolute atomic E-state index is 0.0135. The molecule has 0 saturated carbocycles. The van der Waals surface area contributed by atoms with Crippen LogP contribution in [0.4, 0.5) is 11.4 Å². The van der Waals surface area contributed by atoms with E-state index < -0.39 is 0 Å². The van der Waals surface area contributed by atoms with Crippen molar-refractivity contribution in [3.63, 3.8) is 0 Å². The molecule has 8 aromatic carbocycles. The standard InChI is InChI=1S/C65H61BN2/c1-61(2,3)36-25-28-38(29-26-36)67-52-33-42-39-19-13-16-22-46(39)63(7,8)49(42)32-44(52)57-58-55(41-21-15-18-24-48(41)65(58,11)12)56-45-31-37(62(4,5)6)27-30-53(45)68-54-34-43-40-20-14-17-23-47(40)64(9,10)50(43)35-51(54)66-59(57)60(56)68/h13-35,66-67H,1-12H3. The summed E-state index contributed by atoms with van der Waals surface area (Å²) in [6.45, 7) is 28.6. The molecule has 13 rings (SSSR count). The molecule has 1 aromatic heterocycles. The van der Waals surface area contributed by atoms with Crippen LogP contribution in [0.1, 0.15) is 128 Å². The maximum absolute atomic E-state index is 4.13. The molecule has 3 heteroatoms. The molecule has 0 bridgehead atoms. The lowest BCUT2D eigenvalue weighted by molar-refractivity contribution is 0.590. The Morgan fingerprint density at radius 3 is 1.63 bits per heavy atom. The summed E-state index contributed by atoms with van der Waals surface area (Å²) in [4.78, 5) is 0. The second-order valence-corrected chi connectivity index (χ2v) is 24.3. The van der Waals surface area contributed by atoms with Crippen molar-refractivity contribution in [2.24, 2.45) is 0 Å². The van der Waals surface area contributed by atoms with E-state index in [0.29, 0.717) is 0 Å². The Hall–Kier alpha value is -6.58. The van der Waals surface area contributed by atoms with Gasteiger partial charge in [0.1, 0.15) is 0 Å². The topological polar surface area (TPSA) is 17.0 Å². The molecule has 9 aromatic rings. The molecule has 3 aliphatic carbocycles. The van der Waals surface area contributed by atoms with Crippen molar-refractivity contribution < 1.29 is 0 Å². The molecule has 68 heavy (non-hydrogen) atoms. The third-order valence-corrected chi connectivity index (χ3v) is 17.1. The van der Waals surface area contributed by atoms with Gasteiger partial charge >= 0.3 is 0 Å². The highest BCUT2D eigenvalue weighted by atomic mass is 15.0. The number of anilines is 2. The summed E-state index contributed by atoms with van der Waals surface area (Å²) in [7, 11) is 0.837. The first-order valence-corrected chi connectivity index (χ1v) is 25.0. The van der Waals surface area contributed by atoms with Crippen LogP contribution in [0.3, 0.4) is 0 Å². The molecule has 334 valence electrons. The summed E-state index contributed by atoms with van der Waals surface area (Å²) in [5.41, 5.74) is 30.5. The third kappa shape index (κ3) is 5.42. The minimum Gasteiger partial charge on any atom is -0.355 e. The Morgan fingerprint density at radius 2 is 1.01 bits per heavy atom. The molecule has 0 fully saturated rings. The zero-order valence-corrected chi connectivity index (χ0v) is 41.9. The molecule has 2 heterocycles. The van der Waals surface area contributed by atoms with Gasteiger partial charge in [0, 0.05) is 55.2 Å². The highest BCUT2D eigenvalue weighted by Gasteiger charge is 2.45. The van der Waals surface area contributed by atoms with E-state index in [-0.39, 0.29) is 27.1 Å². The predicted octanol–water partition coefficient (Wildman–Crippen LogP) is 15.4. The van der Waals surface area contributed by atoms with E-state index in [1.807, 2.05) is 0 Å². The number of hydrogen-bond donors (Lipinski definition) is 1. The normalized spacial score (nSPS) is 16.1. The van der Waals surface area contributed by atoms with Crippen molar-refractivity contribution in [2.75, 3.05) is 5.32 Å². The summed E-state index contributed by atoms with van der Waals surface area (Å²) in [6.07, 6.45) is 0. The van der Waals surface area contributed by atoms with Crippen molar-refractivity contribution in [2.45, 2.75) is 110 Å². The minimum atomic E-state index is -0.285. The molecule has 1 N–H and O–H groups in total. The van der Waals surface area contributed by atoms with Crippen LogP contribution in [-0.4, -0.2) is 11.8 Å². The van der Waals surface area contributed by atoms with Gasteiger partial charge in [-0.05, 0) is 142 Å². The monoisotopic (exact) mass is 880 g/mol. The summed E-state index contributed by atoms with van der Waals surface area (Å²) in [6, 6.07) is 54.4. The maximum Gasteiger partial charge on any atom is 0.198 e. The first-order chi connectivity index (χ1) is 32.3. The second-order valence-electron chi connectivity index (χ2n) is 24.3. The van der Waals surface area contributed by atoms with Crippen molar-refractivity contribution in [3.05, 3.63) is 184 Å². The fraction of sp³-hybridized carbons (Fsp3) is 0.262. The average molecular weight is 881 g/mol. The van der Waals surface area contributed by atoms with Crippen LogP contribution in [0.15, 0.2) is 140 Å². The molecular formula is C65H61BN2. The second kappa shape index (κ2) is 13.4. The number of benzene rings is 8. The number of nitrogens with one attached hydrogen (secondary N) is 1. The quantitative estimate of drug-likeness (QED) is 0.175. The zero-order valence-electron chi connectivity index (χ0n) is 41.9. The van der Waals surface area contributed by atoms with Crippen LogP contribution in [0.25, 0.3) is 72.0 Å². The molecule has 1 aliphatic heterocycles. The maximum atomic E-state index is 4.13. The molecule has 0 amide bonds. The van der Waals surface area contributed by atoms with E-state index >= 15 is 0 Å². The summed E-state index contributed by atoms with van der Waals surface area (Å²) in [5, 5.41) is 6.87. The summed E-state index contributed by atoms with van der Waals surface area (Å²) < 4.78 is 2.70. The number of rotatable bonds is 3. The van der Waals surface area contributed by atoms with E-state index in [4.69, 9.17) is 0 Å². The van der Waals surface area contributed by atoms with Gasteiger partial charge in [-0.3, -0.25) is 0 Å². The zero-order chi connectivity index (χ0) is 47.2. The van der Waals surface area contributed by atoms with E-state index in [9.17, 15) is 0 Å². The molecule has 0 radical (unpaired) electrons. The summed E-state index contributed by atoms with van der Waals surface area (Å²) >= 11 is 0. The van der Waals surface area contributed by atoms with Crippen molar-refractivity contribution in [1.29, 1.82) is 0 Å². The van der Waals surface area contributed by atoms with Crippen LogP contribution in [0.2, 0.25) is 0 Å². The van der Waals surface area contributed by atoms with Gasteiger partial charge in [0.25, 0.3) is 0 Å². The molecule has 0 atom stereocenters. The highest BCUT2D eigenvalue weighted by Crippen LogP contribution is 2.59. The predicted molar refractivity (Wildman–Crippen MR) is 292 cm³/mol. The van der Waals surface area contributed by atoms with Crippen LogP contribution in [0, 0.1) is 0 Å². The van der Waals surface area contributed by atoms with Gasteiger partial charge in [-0.1, -0.05) is 186 Å².